The molecule has 0 aliphatic heterocycles. The van der Waals surface area contributed by atoms with Crippen molar-refractivity contribution in [2.24, 2.45) is 0 Å². The highest BCUT2D eigenvalue weighted by Gasteiger charge is 2.23. The Hall–Kier alpha value is -3.62. The first-order valence-corrected chi connectivity index (χ1v) is 9.51. The fraction of sp³-hybridized carbons (Fsp3) is 0.364. The van der Waals surface area contributed by atoms with E-state index in [1.54, 1.807) is 40.0 Å². The predicted molar refractivity (Wildman–Crippen MR) is 114 cm³/mol. The largest absolute Gasteiger partial charge is 0.496 e. The zero-order valence-corrected chi connectivity index (χ0v) is 18.5. The molecule has 0 radical (unpaired) electrons. The van der Waals surface area contributed by atoms with E-state index in [0.717, 1.165) is 5.56 Å². The van der Waals surface area contributed by atoms with E-state index in [9.17, 15) is 19.7 Å². The van der Waals surface area contributed by atoms with Gasteiger partial charge in [-0.15, -0.1) is 0 Å². The molecule has 0 aromatic heterocycles. The lowest BCUT2D eigenvalue weighted by molar-refractivity contribution is -0.385. The Morgan fingerprint density at radius 2 is 1.42 bits per heavy atom. The van der Waals surface area contributed by atoms with Crippen molar-refractivity contribution < 1.29 is 33.5 Å². The van der Waals surface area contributed by atoms with Gasteiger partial charge in [-0.3, -0.25) is 10.1 Å². The number of esters is 2. The minimum atomic E-state index is -0.725. The highest BCUT2D eigenvalue weighted by atomic mass is 16.6. The number of carbonyl (C=O) groups is 2. The van der Waals surface area contributed by atoms with E-state index in [1.165, 1.54) is 19.2 Å². The summed E-state index contributed by atoms with van der Waals surface area (Å²) in [5.74, 6) is 0.0810. The normalized spacial score (nSPS) is 9.74. The first kappa shape index (κ1) is 25.4. The molecule has 168 valence electrons. The molecule has 0 bridgehead atoms. The summed E-state index contributed by atoms with van der Waals surface area (Å²) in [4.78, 5) is 33.1. The van der Waals surface area contributed by atoms with Gasteiger partial charge in [0.05, 0.1) is 37.9 Å². The molecule has 0 heterocycles. The van der Waals surface area contributed by atoms with Gasteiger partial charge in [0.25, 0.3) is 5.69 Å². The molecule has 2 rings (SSSR count). The van der Waals surface area contributed by atoms with Crippen molar-refractivity contribution in [3.63, 3.8) is 0 Å². The van der Waals surface area contributed by atoms with Crippen molar-refractivity contribution in [1.82, 2.24) is 0 Å². The van der Waals surface area contributed by atoms with Gasteiger partial charge in [0.15, 0.2) is 0 Å². The fourth-order valence-corrected chi connectivity index (χ4v) is 2.58. The molecule has 0 unspecified atom stereocenters. The van der Waals surface area contributed by atoms with Gasteiger partial charge >= 0.3 is 11.9 Å². The third-order valence-electron chi connectivity index (χ3n) is 4.12. The number of hydrogen-bond acceptors (Lipinski definition) is 8. The Labute approximate surface area is 181 Å². The molecule has 0 aliphatic carbocycles. The van der Waals surface area contributed by atoms with Gasteiger partial charge < -0.3 is 18.9 Å². The molecule has 2 aromatic rings. The SMILES string of the molecule is CCOC(=O)c1cc(OC)c(C)cc1[N+](=O)[O-].CCOC(=O)c1ccc(C)c(OC)c1. The van der Waals surface area contributed by atoms with Crippen molar-refractivity contribution in [3.05, 3.63) is 62.7 Å². The van der Waals surface area contributed by atoms with Gasteiger partial charge in [0.1, 0.15) is 17.1 Å². The van der Waals surface area contributed by atoms with Crippen LogP contribution in [0.15, 0.2) is 30.3 Å². The smallest absolute Gasteiger partial charge is 0.345 e. The zero-order valence-electron chi connectivity index (χ0n) is 18.5. The second-order valence-corrected chi connectivity index (χ2v) is 6.22. The number of methoxy groups -OCH3 is 2. The van der Waals surface area contributed by atoms with Gasteiger partial charge in [0.2, 0.25) is 0 Å². The summed E-state index contributed by atoms with van der Waals surface area (Å²) in [5.41, 5.74) is 1.74. The molecule has 0 amide bonds. The standard InChI is InChI=1S/C11H13NO5.C11H14O3/c1-4-17-11(13)8-6-10(16-3)7(2)5-9(8)12(14)15;1-4-14-11(12)9-6-5-8(2)10(7-9)13-3/h5-6H,4H2,1-3H3;5-7H,4H2,1-3H3. The number of hydrogen-bond donors (Lipinski definition) is 0. The van der Waals surface area contributed by atoms with Crippen LogP contribution < -0.4 is 9.47 Å². The quantitative estimate of drug-likeness (QED) is 0.361. The third kappa shape index (κ3) is 6.98. The zero-order chi connectivity index (χ0) is 23.6. The van der Waals surface area contributed by atoms with E-state index in [2.05, 4.69) is 0 Å². The number of carbonyl (C=O) groups excluding carboxylic acids is 2. The van der Waals surface area contributed by atoms with Gasteiger partial charge in [0, 0.05) is 12.1 Å². The molecule has 0 saturated carbocycles. The second kappa shape index (κ2) is 12.2. The fourth-order valence-electron chi connectivity index (χ4n) is 2.58. The maximum atomic E-state index is 11.6. The second-order valence-electron chi connectivity index (χ2n) is 6.22. The van der Waals surface area contributed by atoms with E-state index in [0.29, 0.717) is 29.2 Å². The Bertz CT molecular complexity index is 939. The van der Waals surface area contributed by atoms with E-state index in [-0.39, 0.29) is 23.8 Å². The van der Waals surface area contributed by atoms with Crippen molar-refractivity contribution in [2.45, 2.75) is 27.7 Å². The Morgan fingerprint density at radius 3 is 1.94 bits per heavy atom. The molecular weight excluding hydrogens is 406 g/mol. The number of nitro benzene ring substituents is 1. The number of rotatable bonds is 7. The van der Waals surface area contributed by atoms with E-state index >= 15 is 0 Å². The third-order valence-corrected chi connectivity index (χ3v) is 4.12. The van der Waals surface area contributed by atoms with Crippen LogP contribution in [0.3, 0.4) is 0 Å². The van der Waals surface area contributed by atoms with Gasteiger partial charge in [-0.25, -0.2) is 9.59 Å². The lowest BCUT2D eigenvalue weighted by Gasteiger charge is -2.08. The summed E-state index contributed by atoms with van der Waals surface area (Å²) in [7, 11) is 3.01. The van der Waals surface area contributed by atoms with E-state index in [1.807, 2.05) is 13.0 Å². The topological polar surface area (TPSA) is 114 Å². The molecule has 9 heteroatoms. The summed E-state index contributed by atoms with van der Waals surface area (Å²) in [6.07, 6.45) is 0. The molecule has 0 fully saturated rings. The number of benzene rings is 2. The minimum Gasteiger partial charge on any atom is -0.496 e. The van der Waals surface area contributed by atoms with Crippen molar-refractivity contribution >= 4 is 17.6 Å². The van der Waals surface area contributed by atoms with Crippen LogP contribution in [0.1, 0.15) is 45.7 Å². The molecule has 0 saturated heterocycles. The first-order chi connectivity index (χ1) is 14.7. The molecule has 2 aromatic carbocycles. The average Bonchev–Trinajstić information content (AvgIpc) is 2.74. The minimum absolute atomic E-state index is 0.0979. The highest BCUT2D eigenvalue weighted by molar-refractivity contribution is 5.94. The van der Waals surface area contributed by atoms with Gasteiger partial charge in [-0.05, 0) is 51.0 Å². The Morgan fingerprint density at radius 1 is 0.871 bits per heavy atom. The molecule has 0 N–H and O–H groups in total. The van der Waals surface area contributed by atoms with Crippen LogP contribution in [0.2, 0.25) is 0 Å². The summed E-state index contributed by atoms with van der Waals surface area (Å²) in [6, 6.07) is 7.88. The van der Waals surface area contributed by atoms with Crippen LogP contribution in [0.5, 0.6) is 11.5 Å². The van der Waals surface area contributed by atoms with Crippen LogP contribution in [-0.2, 0) is 9.47 Å². The summed E-state index contributed by atoms with van der Waals surface area (Å²) < 4.78 is 19.8. The first-order valence-electron chi connectivity index (χ1n) is 9.51. The maximum absolute atomic E-state index is 11.6. The van der Waals surface area contributed by atoms with Crippen LogP contribution >= 0.6 is 0 Å². The van der Waals surface area contributed by atoms with Crippen molar-refractivity contribution in [3.8, 4) is 11.5 Å². The maximum Gasteiger partial charge on any atom is 0.345 e. The molecule has 9 nitrogen and oxygen atoms in total. The van der Waals surface area contributed by atoms with E-state index in [4.69, 9.17) is 18.9 Å². The van der Waals surface area contributed by atoms with Crippen LogP contribution in [0.25, 0.3) is 0 Å². The Balaban J connectivity index is 0.000000316. The lowest BCUT2D eigenvalue weighted by Crippen LogP contribution is -2.09. The van der Waals surface area contributed by atoms with Crippen molar-refractivity contribution in [1.29, 1.82) is 0 Å². The predicted octanol–water partition coefficient (Wildman–Crippen LogP) is 4.27. The number of ether oxygens (including phenoxy) is 4. The van der Waals surface area contributed by atoms with Crippen LogP contribution in [0.4, 0.5) is 5.69 Å². The number of nitrogens with zero attached hydrogens (tertiary/aromatic N) is 1. The molecule has 0 aliphatic rings. The van der Waals surface area contributed by atoms with Gasteiger partial charge in [-0.2, -0.15) is 0 Å². The highest BCUT2D eigenvalue weighted by Crippen LogP contribution is 2.28. The molecule has 31 heavy (non-hydrogen) atoms. The van der Waals surface area contributed by atoms with Crippen LogP contribution in [0, 0.1) is 24.0 Å². The molecule has 0 atom stereocenters. The number of aryl methyl sites for hydroxylation is 2. The van der Waals surface area contributed by atoms with Crippen molar-refractivity contribution in [2.75, 3.05) is 27.4 Å². The van der Waals surface area contributed by atoms with Gasteiger partial charge in [-0.1, -0.05) is 6.07 Å². The lowest BCUT2D eigenvalue weighted by atomic mass is 10.1. The molecule has 0 spiro atoms. The van der Waals surface area contributed by atoms with Crippen LogP contribution in [-0.4, -0.2) is 44.3 Å². The van der Waals surface area contributed by atoms with E-state index < -0.39 is 10.9 Å². The molecular formula is C22H27NO8. The number of nitro groups is 1. The average molecular weight is 433 g/mol. The summed E-state index contributed by atoms with van der Waals surface area (Å²) in [5, 5.41) is 10.8. The Kier molecular flexibility index (Phi) is 9.97. The summed E-state index contributed by atoms with van der Waals surface area (Å²) in [6.45, 7) is 7.55. The summed E-state index contributed by atoms with van der Waals surface area (Å²) >= 11 is 0. The monoisotopic (exact) mass is 433 g/mol.